The molecular formula is C15H29NO3. The van der Waals surface area contributed by atoms with E-state index in [4.69, 9.17) is 9.47 Å². The third-order valence-electron chi connectivity index (χ3n) is 4.09. The van der Waals surface area contributed by atoms with Crippen LogP contribution < -0.4 is 5.32 Å². The van der Waals surface area contributed by atoms with Gasteiger partial charge in [0.05, 0.1) is 13.2 Å². The van der Waals surface area contributed by atoms with Gasteiger partial charge in [-0.25, -0.2) is 0 Å². The van der Waals surface area contributed by atoms with E-state index in [1.54, 1.807) is 7.11 Å². The van der Waals surface area contributed by atoms with Crippen molar-refractivity contribution in [2.45, 2.75) is 39.5 Å². The SMILES string of the molecule is COCCOCC(=O)NCC1CCC(C(C)C)CC1. The smallest absolute Gasteiger partial charge is 0.246 e. The molecule has 1 rings (SSSR count). The first kappa shape index (κ1) is 16.4. The van der Waals surface area contributed by atoms with Crippen molar-refractivity contribution in [1.29, 1.82) is 0 Å². The first-order chi connectivity index (χ1) is 9.13. The Morgan fingerprint density at radius 2 is 1.89 bits per heavy atom. The lowest BCUT2D eigenvalue weighted by Gasteiger charge is -2.30. The Balaban J connectivity index is 2.05. The van der Waals surface area contributed by atoms with Crippen molar-refractivity contribution >= 4 is 5.91 Å². The molecular weight excluding hydrogens is 242 g/mol. The Labute approximate surface area is 117 Å². The lowest BCUT2D eigenvalue weighted by molar-refractivity contribution is -0.126. The van der Waals surface area contributed by atoms with Crippen LogP contribution in [0.4, 0.5) is 0 Å². The minimum atomic E-state index is -0.0120. The van der Waals surface area contributed by atoms with Crippen molar-refractivity contribution in [1.82, 2.24) is 5.32 Å². The fraction of sp³-hybridized carbons (Fsp3) is 0.933. The van der Waals surface area contributed by atoms with Crippen LogP contribution in [0.5, 0.6) is 0 Å². The average Bonchev–Trinajstić information content (AvgIpc) is 2.42. The molecule has 0 atom stereocenters. The molecule has 1 saturated carbocycles. The van der Waals surface area contributed by atoms with E-state index in [0.717, 1.165) is 18.4 Å². The number of nitrogens with one attached hydrogen (secondary N) is 1. The molecule has 1 aliphatic carbocycles. The van der Waals surface area contributed by atoms with Gasteiger partial charge in [-0.05, 0) is 43.4 Å². The zero-order valence-electron chi connectivity index (χ0n) is 12.6. The molecule has 0 aliphatic heterocycles. The molecule has 112 valence electrons. The fourth-order valence-electron chi connectivity index (χ4n) is 2.68. The number of methoxy groups -OCH3 is 1. The number of hydrogen-bond donors (Lipinski definition) is 1. The van der Waals surface area contributed by atoms with Crippen molar-refractivity contribution in [3.8, 4) is 0 Å². The van der Waals surface area contributed by atoms with Crippen LogP contribution >= 0.6 is 0 Å². The normalized spacial score (nSPS) is 23.6. The summed E-state index contributed by atoms with van der Waals surface area (Å²) >= 11 is 0. The molecule has 1 amide bonds. The van der Waals surface area contributed by atoms with Gasteiger partial charge in [0.2, 0.25) is 5.91 Å². The highest BCUT2D eigenvalue weighted by molar-refractivity contribution is 5.77. The molecule has 1 aliphatic rings. The number of carbonyl (C=O) groups excluding carboxylic acids is 1. The molecule has 0 radical (unpaired) electrons. The van der Waals surface area contributed by atoms with Gasteiger partial charge in [-0.2, -0.15) is 0 Å². The highest BCUT2D eigenvalue weighted by Gasteiger charge is 2.23. The molecule has 0 spiro atoms. The second-order valence-electron chi connectivity index (χ2n) is 5.87. The maximum Gasteiger partial charge on any atom is 0.246 e. The molecule has 0 aromatic carbocycles. The van der Waals surface area contributed by atoms with Gasteiger partial charge < -0.3 is 14.8 Å². The molecule has 1 N–H and O–H groups in total. The number of ether oxygens (including phenoxy) is 2. The van der Waals surface area contributed by atoms with Crippen LogP contribution in [0, 0.1) is 17.8 Å². The highest BCUT2D eigenvalue weighted by atomic mass is 16.5. The van der Waals surface area contributed by atoms with Crippen molar-refractivity contribution in [3.63, 3.8) is 0 Å². The Hall–Kier alpha value is -0.610. The van der Waals surface area contributed by atoms with Crippen LogP contribution in [0.3, 0.4) is 0 Å². The van der Waals surface area contributed by atoms with Gasteiger partial charge in [0.15, 0.2) is 0 Å². The zero-order valence-corrected chi connectivity index (χ0v) is 12.6. The van der Waals surface area contributed by atoms with Crippen LogP contribution in [-0.2, 0) is 14.3 Å². The van der Waals surface area contributed by atoms with Gasteiger partial charge in [0.1, 0.15) is 6.61 Å². The van der Waals surface area contributed by atoms with Crippen molar-refractivity contribution in [2.75, 3.05) is 33.5 Å². The van der Waals surface area contributed by atoms with E-state index in [9.17, 15) is 4.79 Å². The molecule has 0 unspecified atom stereocenters. The van der Waals surface area contributed by atoms with Gasteiger partial charge in [-0.3, -0.25) is 4.79 Å². The van der Waals surface area contributed by atoms with Crippen LogP contribution in [0.25, 0.3) is 0 Å². The zero-order chi connectivity index (χ0) is 14.1. The van der Waals surface area contributed by atoms with E-state index in [1.165, 1.54) is 25.7 Å². The number of hydrogen-bond acceptors (Lipinski definition) is 3. The monoisotopic (exact) mass is 271 g/mol. The quantitative estimate of drug-likeness (QED) is 0.689. The summed E-state index contributed by atoms with van der Waals surface area (Å²) in [5, 5.41) is 2.97. The lowest BCUT2D eigenvalue weighted by atomic mass is 9.77. The molecule has 0 heterocycles. The summed E-state index contributed by atoms with van der Waals surface area (Å²) in [6.45, 7) is 6.58. The standard InChI is InChI=1S/C15H29NO3/c1-12(2)14-6-4-13(5-7-14)10-16-15(17)11-19-9-8-18-3/h12-14H,4-11H2,1-3H3,(H,16,17). The molecule has 0 aromatic rings. The minimum absolute atomic E-state index is 0.0120. The predicted molar refractivity (Wildman–Crippen MR) is 76.0 cm³/mol. The molecule has 4 nitrogen and oxygen atoms in total. The van der Waals surface area contributed by atoms with Crippen LogP contribution in [0.2, 0.25) is 0 Å². The lowest BCUT2D eigenvalue weighted by Crippen LogP contribution is -2.34. The summed E-state index contributed by atoms with van der Waals surface area (Å²) in [6.07, 6.45) is 5.10. The maximum absolute atomic E-state index is 11.5. The van der Waals surface area contributed by atoms with Crippen molar-refractivity contribution < 1.29 is 14.3 Å². The van der Waals surface area contributed by atoms with E-state index in [2.05, 4.69) is 19.2 Å². The fourth-order valence-corrected chi connectivity index (χ4v) is 2.68. The van der Waals surface area contributed by atoms with E-state index in [1.807, 2.05) is 0 Å². The molecule has 1 fully saturated rings. The van der Waals surface area contributed by atoms with Gasteiger partial charge in [-0.1, -0.05) is 13.8 Å². The summed E-state index contributed by atoms with van der Waals surface area (Å²) in [7, 11) is 1.62. The largest absolute Gasteiger partial charge is 0.382 e. The van der Waals surface area contributed by atoms with E-state index in [0.29, 0.717) is 19.1 Å². The first-order valence-electron chi connectivity index (χ1n) is 7.46. The number of amides is 1. The summed E-state index contributed by atoms with van der Waals surface area (Å²) in [6, 6.07) is 0. The maximum atomic E-state index is 11.5. The van der Waals surface area contributed by atoms with Gasteiger partial charge in [-0.15, -0.1) is 0 Å². The topological polar surface area (TPSA) is 47.6 Å². The Bertz CT molecular complexity index is 248. The van der Waals surface area contributed by atoms with Crippen molar-refractivity contribution in [3.05, 3.63) is 0 Å². The summed E-state index contributed by atoms with van der Waals surface area (Å²) in [4.78, 5) is 11.5. The highest BCUT2D eigenvalue weighted by Crippen LogP contribution is 2.32. The molecule has 19 heavy (non-hydrogen) atoms. The van der Waals surface area contributed by atoms with Crippen LogP contribution in [0.15, 0.2) is 0 Å². The van der Waals surface area contributed by atoms with Gasteiger partial charge >= 0.3 is 0 Å². The van der Waals surface area contributed by atoms with Gasteiger partial charge in [0, 0.05) is 13.7 Å². The third kappa shape index (κ3) is 6.92. The molecule has 0 bridgehead atoms. The van der Waals surface area contributed by atoms with E-state index in [-0.39, 0.29) is 12.5 Å². The van der Waals surface area contributed by atoms with E-state index >= 15 is 0 Å². The summed E-state index contributed by atoms with van der Waals surface area (Å²) in [5.74, 6) is 2.31. The molecule has 4 heteroatoms. The second-order valence-corrected chi connectivity index (χ2v) is 5.87. The summed E-state index contributed by atoms with van der Waals surface area (Å²) < 4.78 is 10.0. The minimum Gasteiger partial charge on any atom is -0.382 e. The number of carbonyl (C=O) groups is 1. The second kappa shape index (κ2) is 9.32. The van der Waals surface area contributed by atoms with Crippen LogP contribution in [-0.4, -0.2) is 39.4 Å². The molecule has 0 saturated heterocycles. The van der Waals surface area contributed by atoms with Crippen molar-refractivity contribution in [2.24, 2.45) is 17.8 Å². The average molecular weight is 271 g/mol. The predicted octanol–water partition coefficient (Wildman–Crippen LogP) is 2.23. The Morgan fingerprint density at radius 3 is 2.47 bits per heavy atom. The number of rotatable bonds is 8. The van der Waals surface area contributed by atoms with E-state index < -0.39 is 0 Å². The Kier molecular flexibility index (Phi) is 8.07. The first-order valence-corrected chi connectivity index (χ1v) is 7.46. The summed E-state index contributed by atoms with van der Waals surface area (Å²) in [5.41, 5.74) is 0. The Morgan fingerprint density at radius 1 is 1.21 bits per heavy atom. The third-order valence-corrected chi connectivity index (χ3v) is 4.09. The molecule has 0 aromatic heterocycles. The van der Waals surface area contributed by atoms with Crippen LogP contribution in [0.1, 0.15) is 39.5 Å². The van der Waals surface area contributed by atoms with Gasteiger partial charge in [0.25, 0.3) is 0 Å².